The first-order valence-corrected chi connectivity index (χ1v) is 10.0. The smallest absolute Gasteiger partial charge is 0.256 e. The molecule has 4 rings (SSSR count). The van der Waals surface area contributed by atoms with Gasteiger partial charge in [-0.15, -0.1) is 0 Å². The van der Waals surface area contributed by atoms with Crippen molar-refractivity contribution in [1.29, 1.82) is 0 Å². The van der Waals surface area contributed by atoms with Gasteiger partial charge in [-0.05, 0) is 50.6 Å². The Morgan fingerprint density at radius 2 is 1.83 bits per heavy atom. The van der Waals surface area contributed by atoms with E-state index in [9.17, 15) is 4.79 Å². The summed E-state index contributed by atoms with van der Waals surface area (Å²) in [6.07, 6.45) is 2.00. The maximum absolute atomic E-state index is 12.8. The Labute approximate surface area is 179 Å². The molecule has 0 fully saturated rings. The molecule has 4 aromatic rings. The minimum absolute atomic E-state index is 0.229. The number of nitrogens with zero attached hydrogens (tertiary/aromatic N) is 4. The molecule has 2 aromatic carbocycles. The molecule has 152 valence electrons. The largest absolute Gasteiger partial charge is 0.306 e. The first-order chi connectivity index (χ1) is 14.3. The summed E-state index contributed by atoms with van der Waals surface area (Å²) in [5.74, 6) is 0.217. The molecule has 0 aliphatic carbocycles. The van der Waals surface area contributed by atoms with Crippen LogP contribution in [0.3, 0.4) is 0 Å². The Morgan fingerprint density at radius 3 is 2.53 bits per heavy atom. The highest BCUT2D eigenvalue weighted by molar-refractivity contribution is 6.30. The van der Waals surface area contributed by atoms with Gasteiger partial charge in [-0.3, -0.25) is 4.79 Å². The maximum atomic E-state index is 12.8. The molecule has 0 bridgehead atoms. The second-order valence-corrected chi connectivity index (χ2v) is 8.51. The molecule has 1 amide bonds. The Bertz CT molecular complexity index is 1210. The van der Waals surface area contributed by atoms with Crippen LogP contribution in [0.15, 0.2) is 60.9 Å². The Hall–Kier alpha value is -3.25. The average molecular weight is 420 g/mol. The van der Waals surface area contributed by atoms with Crippen LogP contribution in [0.2, 0.25) is 5.02 Å². The predicted molar refractivity (Wildman–Crippen MR) is 119 cm³/mol. The lowest BCUT2D eigenvalue weighted by Gasteiger charge is -2.19. The predicted octanol–water partition coefficient (Wildman–Crippen LogP) is 5.08. The molecule has 2 aromatic heterocycles. The quantitative estimate of drug-likeness (QED) is 0.500. The highest BCUT2D eigenvalue weighted by Crippen LogP contribution is 2.30. The van der Waals surface area contributed by atoms with E-state index in [4.69, 9.17) is 16.7 Å². The molecule has 0 aliphatic heterocycles. The zero-order chi connectivity index (χ0) is 21.3. The molecule has 6 nitrogen and oxygen atoms in total. The van der Waals surface area contributed by atoms with E-state index >= 15 is 0 Å². The number of hydrogen-bond acceptors (Lipinski definition) is 4. The van der Waals surface area contributed by atoms with Crippen molar-refractivity contribution >= 4 is 34.4 Å². The van der Waals surface area contributed by atoms with Crippen LogP contribution in [0.1, 0.15) is 42.4 Å². The molecule has 0 spiro atoms. The van der Waals surface area contributed by atoms with Crippen molar-refractivity contribution in [2.75, 3.05) is 5.32 Å². The fraction of sp³-hybridized carbons (Fsp3) is 0.217. The molecular formula is C23H22ClN5O. The average Bonchev–Trinajstić information content (AvgIpc) is 3.08. The second kappa shape index (κ2) is 7.88. The zero-order valence-corrected chi connectivity index (χ0v) is 17.8. The van der Waals surface area contributed by atoms with Gasteiger partial charge in [0, 0.05) is 17.0 Å². The number of anilines is 1. The molecule has 1 N–H and O–H groups in total. The second-order valence-electron chi connectivity index (χ2n) is 8.08. The molecular weight excluding hydrogens is 398 g/mol. The summed E-state index contributed by atoms with van der Waals surface area (Å²) < 4.78 is 1.88. The van der Waals surface area contributed by atoms with E-state index in [1.54, 1.807) is 12.1 Å². The monoisotopic (exact) mass is 419 g/mol. The van der Waals surface area contributed by atoms with Crippen molar-refractivity contribution in [2.24, 2.45) is 0 Å². The van der Waals surface area contributed by atoms with E-state index < -0.39 is 0 Å². The minimum Gasteiger partial charge on any atom is -0.306 e. The first kappa shape index (κ1) is 20.0. The number of nitrogens with one attached hydrogen (secondary N) is 1. The number of hydrogen-bond donors (Lipinski definition) is 1. The highest BCUT2D eigenvalue weighted by atomic mass is 35.5. The number of benzene rings is 2. The van der Waals surface area contributed by atoms with Crippen LogP contribution in [0.4, 0.5) is 5.82 Å². The van der Waals surface area contributed by atoms with E-state index in [0.29, 0.717) is 28.5 Å². The fourth-order valence-electron chi connectivity index (χ4n) is 3.32. The van der Waals surface area contributed by atoms with Gasteiger partial charge in [0.2, 0.25) is 0 Å². The molecule has 0 atom stereocenters. The van der Waals surface area contributed by atoms with E-state index in [2.05, 4.69) is 36.1 Å². The summed E-state index contributed by atoms with van der Waals surface area (Å²) >= 11 is 6.17. The van der Waals surface area contributed by atoms with E-state index in [0.717, 1.165) is 16.6 Å². The molecule has 2 heterocycles. The van der Waals surface area contributed by atoms with Gasteiger partial charge in [0.05, 0.1) is 16.6 Å². The summed E-state index contributed by atoms with van der Waals surface area (Å²) in [4.78, 5) is 21.6. The number of amides is 1. The van der Waals surface area contributed by atoms with Gasteiger partial charge < -0.3 is 5.32 Å². The Balaban J connectivity index is 1.82. The molecule has 0 saturated carbocycles. The van der Waals surface area contributed by atoms with Gasteiger partial charge in [-0.2, -0.15) is 5.10 Å². The molecule has 0 aliphatic rings. The summed E-state index contributed by atoms with van der Waals surface area (Å²) in [5, 5.41) is 9.18. The van der Waals surface area contributed by atoms with Gasteiger partial charge >= 0.3 is 0 Å². The SMILES string of the molecule is CC(C)(C)n1nc(Cc2cccc(Cl)c2)c2c(NC(=O)c3ccccc3)ncnc21. The topological polar surface area (TPSA) is 72.7 Å². The number of carbonyl (C=O) groups excluding carboxylic acids is 1. The normalized spacial score (nSPS) is 11.6. The van der Waals surface area contributed by atoms with Crippen molar-refractivity contribution in [1.82, 2.24) is 19.7 Å². The first-order valence-electron chi connectivity index (χ1n) is 9.67. The van der Waals surface area contributed by atoms with Gasteiger partial charge in [0.25, 0.3) is 5.91 Å². The third kappa shape index (κ3) is 4.04. The molecule has 30 heavy (non-hydrogen) atoms. The minimum atomic E-state index is -0.292. The lowest BCUT2D eigenvalue weighted by atomic mass is 10.1. The van der Waals surface area contributed by atoms with Gasteiger partial charge in [0.1, 0.15) is 12.1 Å². The van der Waals surface area contributed by atoms with Crippen LogP contribution < -0.4 is 5.32 Å². The maximum Gasteiger partial charge on any atom is 0.256 e. The van der Waals surface area contributed by atoms with Crippen LogP contribution in [0.25, 0.3) is 11.0 Å². The molecule has 0 unspecified atom stereocenters. The lowest BCUT2D eigenvalue weighted by Crippen LogP contribution is -2.23. The number of halogens is 1. The standard InChI is InChI=1S/C23H22ClN5O/c1-23(2,3)29-21-19(18(28-29)13-15-8-7-11-17(24)12-15)20(25-14-26-21)27-22(30)16-9-5-4-6-10-16/h4-12,14H,13H2,1-3H3,(H,25,26,27,30). The molecule has 7 heteroatoms. The van der Waals surface area contributed by atoms with Crippen molar-refractivity contribution in [2.45, 2.75) is 32.7 Å². The van der Waals surface area contributed by atoms with Gasteiger partial charge in [-0.1, -0.05) is 41.9 Å². The van der Waals surface area contributed by atoms with E-state index in [1.165, 1.54) is 6.33 Å². The van der Waals surface area contributed by atoms with E-state index in [-0.39, 0.29) is 11.4 Å². The number of fused-ring (bicyclic) bond motifs is 1. The van der Waals surface area contributed by atoms with Crippen molar-refractivity contribution in [3.8, 4) is 0 Å². The Morgan fingerprint density at radius 1 is 1.07 bits per heavy atom. The fourth-order valence-corrected chi connectivity index (χ4v) is 3.53. The summed E-state index contributed by atoms with van der Waals surface area (Å²) in [6.45, 7) is 6.19. The lowest BCUT2D eigenvalue weighted by molar-refractivity contribution is 0.102. The molecule has 0 radical (unpaired) electrons. The van der Waals surface area contributed by atoms with Crippen LogP contribution >= 0.6 is 11.6 Å². The summed E-state index contributed by atoms with van der Waals surface area (Å²) in [5.41, 5.74) is 2.75. The van der Waals surface area contributed by atoms with Crippen LogP contribution in [-0.4, -0.2) is 25.7 Å². The van der Waals surface area contributed by atoms with Crippen LogP contribution in [0.5, 0.6) is 0 Å². The van der Waals surface area contributed by atoms with Gasteiger partial charge in [-0.25, -0.2) is 14.6 Å². The summed E-state index contributed by atoms with van der Waals surface area (Å²) in [7, 11) is 0. The summed E-state index contributed by atoms with van der Waals surface area (Å²) in [6, 6.07) is 16.7. The zero-order valence-electron chi connectivity index (χ0n) is 17.1. The number of rotatable bonds is 4. The van der Waals surface area contributed by atoms with Crippen molar-refractivity contribution in [3.05, 3.63) is 82.8 Å². The van der Waals surface area contributed by atoms with Crippen molar-refractivity contribution < 1.29 is 4.79 Å². The molecule has 0 saturated heterocycles. The van der Waals surface area contributed by atoms with Crippen LogP contribution in [0, 0.1) is 0 Å². The van der Waals surface area contributed by atoms with E-state index in [1.807, 2.05) is 47.1 Å². The van der Waals surface area contributed by atoms with Crippen molar-refractivity contribution in [3.63, 3.8) is 0 Å². The highest BCUT2D eigenvalue weighted by Gasteiger charge is 2.24. The number of carbonyl (C=O) groups is 1. The van der Waals surface area contributed by atoms with Crippen LogP contribution in [-0.2, 0) is 12.0 Å². The third-order valence-electron chi connectivity index (χ3n) is 4.70. The van der Waals surface area contributed by atoms with Gasteiger partial charge in [0.15, 0.2) is 5.65 Å². The third-order valence-corrected chi connectivity index (χ3v) is 4.94. The Kier molecular flexibility index (Phi) is 5.26. The number of aromatic nitrogens is 4.